The Kier molecular flexibility index (Phi) is 12.8. The Bertz CT molecular complexity index is 833. The first-order chi connectivity index (χ1) is 16.1. The van der Waals surface area contributed by atoms with Gasteiger partial charge in [-0.2, -0.15) is 87.8 Å². The zero-order valence-corrected chi connectivity index (χ0v) is 18.0. The molecule has 39 heavy (non-hydrogen) atoms. The van der Waals surface area contributed by atoms with Crippen molar-refractivity contribution in [2.24, 2.45) is 0 Å². The second-order valence-corrected chi connectivity index (χ2v) is 6.43. The molecule has 0 spiro atoms. The molecule has 235 valence electrons. The molecule has 0 saturated carbocycles. The molecule has 0 aromatic carbocycles. The van der Waals surface area contributed by atoms with Gasteiger partial charge in [0.1, 0.15) is 0 Å². The Hall–Kier alpha value is -2.20. The van der Waals surface area contributed by atoms with Crippen LogP contribution in [0.4, 0.5) is 87.8 Å². The van der Waals surface area contributed by atoms with Crippen molar-refractivity contribution in [2.45, 2.75) is 61.2 Å². The molecule has 0 unspecified atom stereocenters. The van der Waals surface area contributed by atoms with E-state index in [1.54, 1.807) is 0 Å². The summed E-state index contributed by atoms with van der Waals surface area (Å²) in [5.74, 6) is -38.3. The summed E-state index contributed by atoms with van der Waals surface area (Å²) in [5.41, 5.74) is 0. The number of hydrogen-bond acceptors (Lipinski definition) is 0. The summed E-state index contributed by atoms with van der Waals surface area (Å²) in [6.07, 6.45) is -30.1. The number of halogens is 20. The van der Waals surface area contributed by atoms with Gasteiger partial charge < -0.3 is 0 Å². The predicted molar refractivity (Wildman–Crippen MR) is 81.0 cm³/mol. The summed E-state index contributed by atoms with van der Waals surface area (Å²) in [4.78, 5) is 32.9. The molecule has 0 heterocycles. The van der Waals surface area contributed by atoms with E-state index >= 15 is 0 Å². The maximum Gasteiger partial charge on any atom is 0.505 e. The molecular weight excluding hydrogens is 676 g/mol. The second-order valence-electron chi connectivity index (χ2n) is 6.43. The average molecular weight is 684 g/mol. The van der Waals surface area contributed by atoms with E-state index in [4.69, 9.17) is 19.2 Å². The van der Waals surface area contributed by atoms with Gasteiger partial charge in [-0.05, 0) is 0 Å². The minimum atomic E-state index is -6.81. The molecule has 0 rings (SSSR count). The quantitative estimate of drug-likeness (QED) is 0.136. The van der Waals surface area contributed by atoms with Gasteiger partial charge in [-0.1, -0.05) is 0 Å². The summed E-state index contributed by atoms with van der Waals surface area (Å²) >= 11 is 0. The summed E-state index contributed by atoms with van der Waals surface area (Å²) in [7, 11) is 0. The third-order valence-corrected chi connectivity index (χ3v) is 3.55. The van der Waals surface area contributed by atoms with E-state index in [-0.39, 0.29) is 17.1 Å². The third-order valence-electron chi connectivity index (χ3n) is 3.55. The Morgan fingerprint density at radius 3 is 0.667 bits per heavy atom. The summed E-state index contributed by atoms with van der Waals surface area (Å²) < 4.78 is 239. The normalized spacial score (nSPS) is 14.1. The zero-order chi connectivity index (χ0) is 31.7. The predicted octanol–water partition coefficient (Wildman–Crippen LogP) is 5.72. The van der Waals surface area contributed by atoms with E-state index in [0.29, 0.717) is 0 Å². The van der Waals surface area contributed by atoms with E-state index in [1.165, 1.54) is 0 Å². The molecule has 1 radical (unpaired) electrons. The molecule has 0 aromatic heterocycles. The van der Waals surface area contributed by atoms with Crippen LogP contribution in [0.15, 0.2) is 0 Å². The molecule has 0 aliphatic heterocycles. The molecule has 0 aromatic rings. The van der Waals surface area contributed by atoms with Crippen LogP contribution in [0.1, 0.15) is 12.8 Å². The molecule has 0 saturated heterocycles. The van der Waals surface area contributed by atoms with Gasteiger partial charge in [0.05, 0.1) is 0 Å². The van der Waals surface area contributed by atoms with Gasteiger partial charge in [0.15, 0.2) is 12.8 Å². The number of carbonyl (C=O) groups excluding carboxylic acids is 4. The van der Waals surface area contributed by atoms with Gasteiger partial charge in [0.2, 0.25) is 0 Å². The van der Waals surface area contributed by atoms with Gasteiger partial charge >= 0.3 is 71.5 Å². The Morgan fingerprint density at radius 1 is 0.359 bits per heavy atom. The summed E-state index contributed by atoms with van der Waals surface area (Å²) in [6, 6.07) is 0. The van der Waals surface area contributed by atoms with Crippen molar-refractivity contribution in [3.63, 3.8) is 0 Å². The first-order valence-electron chi connectivity index (χ1n) is 8.09. The van der Waals surface area contributed by atoms with Crippen LogP contribution in [0.2, 0.25) is 0 Å². The van der Waals surface area contributed by atoms with E-state index in [0.717, 1.165) is 0 Å². The van der Waals surface area contributed by atoms with Gasteiger partial charge in [-0.3, -0.25) is 19.2 Å². The fourth-order valence-electron chi connectivity index (χ4n) is 1.46. The van der Waals surface area contributed by atoms with Crippen molar-refractivity contribution in [3.05, 3.63) is 0 Å². The van der Waals surface area contributed by atoms with E-state index in [9.17, 15) is 87.8 Å². The molecule has 0 fully saturated rings. The van der Waals surface area contributed by atoms with Gasteiger partial charge in [-0.25, -0.2) is 0 Å². The number of alkyl halides is 20. The van der Waals surface area contributed by atoms with Crippen LogP contribution < -0.4 is 0 Å². The van der Waals surface area contributed by atoms with Gasteiger partial charge in [0, 0.05) is 17.1 Å². The van der Waals surface area contributed by atoms with Crippen molar-refractivity contribution in [1.82, 2.24) is 0 Å². The molecule has 4 N–H and O–H groups in total. The maximum absolute atomic E-state index is 12.6. The van der Waals surface area contributed by atoms with Crippen molar-refractivity contribution in [2.75, 3.05) is 0 Å². The van der Waals surface area contributed by atoms with E-state index in [1.807, 2.05) is 0 Å². The topological polar surface area (TPSA) is 85.6 Å². The molecule has 0 aliphatic rings. The van der Waals surface area contributed by atoms with Crippen LogP contribution in [-0.4, -0.2) is 90.7 Å². The minimum Gasteiger partial charge on any atom is -0.276 e. The standard InChI is InChI=1S/2C7H2F10O2.Cu/c2*8-4(9,6(13,14)7(15,16)17)2(18)1-3(19)5(10,11)12;/h2*1H2;/p+4. The number of rotatable bonds is 8. The van der Waals surface area contributed by atoms with Crippen molar-refractivity contribution in [3.8, 4) is 0 Å². The smallest absolute Gasteiger partial charge is 0.276 e. The van der Waals surface area contributed by atoms with E-state index in [2.05, 4.69) is 0 Å². The van der Waals surface area contributed by atoms with Crippen molar-refractivity contribution >= 4 is 23.1 Å². The van der Waals surface area contributed by atoms with Crippen LogP contribution in [0.25, 0.3) is 0 Å². The number of hydrogen-bond donors (Lipinski definition) is 0. The second kappa shape index (κ2) is 12.1. The van der Waals surface area contributed by atoms with Crippen LogP contribution in [0.5, 0.6) is 0 Å². The largest absolute Gasteiger partial charge is 0.505 e. The van der Waals surface area contributed by atoms with Crippen molar-refractivity contribution in [1.29, 1.82) is 0 Å². The molecule has 0 aliphatic carbocycles. The molecule has 4 nitrogen and oxygen atoms in total. The summed E-state index contributed by atoms with van der Waals surface area (Å²) in [5, 5.41) is 0. The Balaban J connectivity index is -0.000000648. The first kappa shape index (κ1) is 41.3. The van der Waals surface area contributed by atoms with Crippen LogP contribution in [0.3, 0.4) is 0 Å². The first-order valence-corrected chi connectivity index (χ1v) is 8.09. The molecule has 0 atom stereocenters. The fraction of sp³-hybridized carbons (Fsp3) is 0.714. The fourth-order valence-corrected chi connectivity index (χ4v) is 1.46. The summed E-state index contributed by atoms with van der Waals surface area (Å²) in [6.45, 7) is 0. The molecular formula is C14H8CuF20O4+4. The SMILES string of the molecule is [Cu].[OH+]=C(CC(=[OH+])C(F)(F)C(F)(F)C(F)(F)F)C(F)(F)F.[OH+]=C(CC(=[OH+])C(F)(F)C(F)(F)C(F)(F)F)C(F)(F)F. The Morgan fingerprint density at radius 2 is 0.538 bits per heavy atom. The molecule has 0 bridgehead atoms. The van der Waals surface area contributed by atoms with Crippen LogP contribution >= 0.6 is 0 Å². The monoisotopic (exact) mass is 683 g/mol. The minimum absolute atomic E-state index is 0. The molecule has 0 amide bonds. The third kappa shape index (κ3) is 9.45. The van der Waals surface area contributed by atoms with Crippen LogP contribution in [0, 0.1) is 0 Å². The van der Waals surface area contributed by atoms with Gasteiger partial charge in [-0.15, -0.1) is 0 Å². The van der Waals surface area contributed by atoms with Crippen LogP contribution in [-0.2, 0) is 17.1 Å². The van der Waals surface area contributed by atoms with E-state index < -0.39 is 84.4 Å². The average Bonchev–Trinajstić information content (AvgIpc) is 2.64. The maximum atomic E-state index is 12.6. The Labute approximate surface area is 209 Å². The van der Waals surface area contributed by atoms with Crippen molar-refractivity contribution < 1.29 is 124 Å². The molecule has 25 heteroatoms. The zero-order valence-electron chi connectivity index (χ0n) is 17.1. The number of ketones is 4. The van der Waals surface area contributed by atoms with Gasteiger partial charge in [0.25, 0.3) is 0 Å².